The van der Waals surface area contributed by atoms with E-state index in [0.29, 0.717) is 17.3 Å². The van der Waals surface area contributed by atoms with Gasteiger partial charge in [0, 0.05) is 6.20 Å². The van der Waals surface area contributed by atoms with Gasteiger partial charge in [0.2, 0.25) is 5.95 Å². The summed E-state index contributed by atoms with van der Waals surface area (Å²) in [6.07, 6.45) is 1.56. The average molecular weight is 293 g/mol. The third-order valence-corrected chi connectivity index (χ3v) is 3.24. The van der Waals surface area contributed by atoms with Crippen LogP contribution < -0.4 is 15.6 Å². The number of benzene rings is 2. The largest absolute Gasteiger partial charge is 0.495 e. The summed E-state index contributed by atoms with van der Waals surface area (Å²) < 4.78 is 5.26. The van der Waals surface area contributed by atoms with Gasteiger partial charge >= 0.3 is 0 Å². The van der Waals surface area contributed by atoms with Crippen LogP contribution in [0.2, 0.25) is 0 Å². The van der Waals surface area contributed by atoms with Crippen molar-refractivity contribution >= 4 is 11.6 Å². The van der Waals surface area contributed by atoms with Crippen LogP contribution in [0.3, 0.4) is 0 Å². The van der Waals surface area contributed by atoms with Crippen LogP contribution in [-0.4, -0.2) is 17.1 Å². The van der Waals surface area contributed by atoms with Gasteiger partial charge in [-0.1, -0.05) is 42.5 Å². The fourth-order valence-electron chi connectivity index (χ4n) is 2.16. The van der Waals surface area contributed by atoms with Crippen molar-refractivity contribution in [2.75, 3.05) is 12.4 Å². The van der Waals surface area contributed by atoms with E-state index in [-0.39, 0.29) is 5.56 Å². The molecule has 0 saturated carbocycles. The van der Waals surface area contributed by atoms with E-state index >= 15 is 0 Å². The molecule has 5 heteroatoms. The lowest BCUT2D eigenvalue weighted by Crippen LogP contribution is -2.12. The molecule has 0 bridgehead atoms. The molecule has 0 atom stereocenters. The minimum Gasteiger partial charge on any atom is -0.495 e. The van der Waals surface area contributed by atoms with Crippen LogP contribution in [0.4, 0.5) is 11.6 Å². The van der Waals surface area contributed by atoms with E-state index in [9.17, 15) is 4.79 Å². The van der Waals surface area contributed by atoms with Gasteiger partial charge in [-0.3, -0.25) is 9.78 Å². The average Bonchev–Trinajstić information content (AvgIpc) is 2.56. The fraction of sp³-hybridized carbons (Fsp3) is 0.0588. The molecule has 0 aliphatic heterocycles. The quantitative estimate of drug-likeness (QED) is 0.775. The normalized spacial score (nSPS) is 10.2. The van der Waals surface area contributed by atoms with E-state index in [4.69, 9.17) is 4.74 Å². The molecule has 0 saturated heterocycles. The summed E-state index contributed by atoms with van der Waals surface area (Å²) in [5.41, 5.74) is 1.91. The van der Waals surface area contributed by atoms with E-state index < -0.39 is 0 Å². The van der Waals surface area contributed by atoms with Crippen molar-refractivity contribution in [3.8, 4) is 16.9 Å². The lowest BCUT2D eigenvalue weighted by atomic mass is 10.1. The van der Waals surface area contributed by atoms with E-state index in [2.05, 4.69) is 15.3 Å². The summed E-state index contributed by atoms with van der Waals surface area (Å²) in [7, 11) is 1.59. The van der Waals surface area contributed by atoms with Gasteiger partial charge < -0.3 is 10.1 Å². The molecule has 110 valence electrons. The monoisotopic (exact) mass is 293 g/mol. The first-order valence-corrected chi connectivity index (χ1v) is 6.83. The van der Waals surface area contributed by atoms with Crippen LogP contribution in [0.25, 0.3) is 11.1 Å². The van der Waals surface area contributed by atoms with Gasteiger partial charge in [-0.05, 0) is 17.7 Å². The zero-order valence-corrected chi connectivity index (χ0v) is 12.0. The number of anilines is 2. The summed E-state index contributed by atoms with van der Waals surface area (Å²) in [5.74, 6) is 1.05. The molecule has 1 heterocycles. The number of hydrogen-bond donors (Lipinski definition) is 2. The fourth-order valence-corrected chi connectivity index (χ4v) is 2.16. The number of aromatic nitrogens is 2. The van der Waals surface area contributed by atoms with Gasteiger partial charge in [0.25, 0.3) is 5.56 Å². The highest BCUT2D eigenvalue weighted by Crippen LogP contribution is 2.25. The number of aromatic amines is 1. The highest BCUT2D eigenvalue weighted by Gasteiger charge is 2.07. The number of nitrogens with one attached hydrogen (secondary N) is 2. The molecule has 0 unspecified atom stereocenters. The highest BCUT2D eigenvalue weighted by molar-refractivity contribution is 5.65. The van der Waals surface area contributed by atoms with Crippen LogP contribution in [0.1, 0.15) is 0 Å². The van der Waals surface area contributed by atoms with Gasteiger partial charge in [-0.15, -0.1) is 0 Å². The lowest BCUT2D eigenvalue weighted by Gasteiger charge is -2.10. The number of nitrogens with zero attached hydrogens (tertiary/aromatic N) is 1. The molecule has 3 aromatic rings. The van der Waals surface area contributed by atoms with Gasteiger partial charge in [-0.2, -0.15) is 0 Å². The molecular formula is C17H15N3O2. The number of ether oxygens (including phenoxy) is 1. The first-order valence-electron chi connectivity index (χ1n) is 6.83. The van der Waals surface area contributed by atoms with E-state index in [1.54, 1.807) is 13.3 Å². The van der Waals surface area contributed by atoms with E-state index in [1.165, 1.54) is 0 Å². The van der Waals surface area contributed by atoms with Crippen molar-refractivity contribution in [2.24, 2.45) is 0 Å². The van der Waals surface area contributed by atoms with Gasteiger partial charge in [0.05, 0.1) is 18.4 Å². The Kier molecular flexibility index (Phi) is 3.87. The van der Waals surface area contributed by atoms with Crippen molar-refractivity contribution in [1.82, 2.24) is 9.97 Å². The maximum atomic E-state index is 12.2. The summed E-state index contributed by atoms with van der Waals surface area (Å²) in [5, 5.41) is 3.05. The van der Waals surface area contributed by atoms with Gasteiger partial charge in [0.1, 0.15) is 5.75 Å². The maximum absolute atomic E-state index is 12.2. The molecule has 0 amide bonds. The second-order valence-electron chi connectivity index (χ2n) is 4.67. The molecule has 2 aromatic carbocycles. The second kappa shape index (κ2) is 6.13. The number of H-pyrrole nitrogens is 1. The van der Waals surface area contributed by atoms with Crippen molar-refractivity contribution in [1.29, 1.82) is 0 Å². The smallest absolute Gasteiger partial charge is 0.260 e. The van der Waals surface area contributed by atoms with Crippen molar-refractivity contribution in [3.05, 3.63) is 71.1 Å². The Labute approximate surface area is 127 Å². The minimum atomic E-state index is -0.196. The molecule has 0 fully saturated rings. The van der Waals surface area contributed by atoms with Crippen LogP contribution in [-0.2, 0) is 0 Å². The van der Waals surface area contributed by atoms with Crippen LogP contribution in [0.15, 0.2) is 65.6 Å². The molecule has 3 rings (SSSR count). The Morgan fingerprint density at radius 2 is 1.77 bits per heavy atom. The third-order valence-electron chi connectivity index (χ3n) is 3.24. The molecule has 0 aliphatic rings. The molecule has 0 radical (unpaired) electrons. The molecular weight excluding hydrogens is 278 g/mol. The van der Waals surface area contributed by atoms with Crippen LogP contribution in [0.5, 0.6) is 5.75 Å². The Morgan fingerprint density at radius 1 is 1.05 bits per heavy atom. The SMILES string of the molecule is COc1ccccc1Nc1ncc(-c2ccccc2)c(=O)[nH]1. The molecule has 0 spiro atoms. The number of hydrogen-bond acceptors (Lipinski definition) is 4. The van der Waals surface area contributed by atoms with Crippen LogP contribution in [0, 0.1) is 0 Å². The molecule has 2 N–H and O–H groups in total. The molecule has 1 aromatic heterocycles. The van der Waals surface area contributed by atoms with Crippen LogP contribution >= 0.6 is 0 Å². The van der Waals surface area contributed by atoms with Crippen molar-refractivity contribution in [2.45, 2.75) is 0 Å². The third kappa shape index (κ3) is 2.83. The second-order valence-corrected chi connectivity index (χ2v) is 4.67. The van der Waals surface area contributed by atoms with E-state index in [0.717, 1.165) is 11.3 Å². The predicted octanol–water partition coefficient (Wildman–Crippen LogP) is 3.19. The predicted molar refractivity (Wildman–Crippen MR) is 86.6 cm³/mol. The molecule has 0 aliphatic carbocycles. The zero-order chi connectivity index (χ0) is 15.4. The highest BCUT2D eigenvalue weighted by atomic mass is 16.5. The zero-order valence-electron chi connectivity index (χ0n) is 12.0. The first kappa shape index (κ1) is 13.9. The molecule has 22 heavy (non-hydrogen) atoms. The Hall–Kier alpha value is -3.08. The standard InChI is InChI=1S/C17H15N3O2/c1-22-15-10-6-5-9-14(15)19-17-18-11-13(16(21)20-17)12-7-3-2-4-8-12/h2-11H,1H3,(H2,18,19,20,21). The van der Waals surface area contributed by atoms with Crippen molar-refractivity contribution in [3.63, 3.8) is 0 Å². The Balaban J connectivity index is 1.91. The molecule has 5 nitrogen and oxygen atoms in total. The summed E-state index contributed by atoms with van der Waals surface area (Å²) in [6.45, 7) is 0. The number of rotatable bonds is 4. The first-order chi connectivity index (χ1) is 10.8. The van der Waals surface area contributed by atoms with Gasteiger partial charge in [-0.25, -0.2) is 4.98 Å². The summed E-state index contributed by atoms with van der Waals surface area (Å²) >= 11 is 0. The summed E-state index contributed by atoms with van der Waals surface area (Å²) in [4.78, 5) is 19.2. The maximum Gasteiger partial charge on any atom is 0.260 e. The lowest BCUT2D eigenvalue weighted by molar-refractivity contribution is 0.417. The topological polar surface area (TPSA) is 67.0 Å². The number of para-hydroxylation sites is 2. The minimum absolute atomic E-state index is 0.196. The Bertz CT molecular complexity index is 829. The number of methoxy groups -OCH3 is 1. The Morgan fingerprint density at radius 3 is 2.50 bits per heavy atom. The van der Waals surface area contributed by atoms with E-state index in [1.807, 2.05) is 54.6 Å². The summed E-state index contributed by atoms with van der Waals surface area (Å²) in [6, 6.07) is 16.9. The van der Waals surface area contributed by atoms with Crippen molar-refractivity contribution < 1.29 is 4.74 Å². The van der Waals surface area contributed by atoms with Gasteiger partial charge in [0.15, 0.2) is 0 Å².